The average molecular weight is 373 g/mol. The number of amides is 1. The van der Waals surface area contributed by atoms with Gasteiger partial charge >= 0.3 is 0 Å². The maximum atomic E-state index is 12.4. The molecule has 0 aliphatic heterocycles. The smallest absolute Gasteiger partial charge is 0.257 e. The van der Waals surface area contributed by atoms with Gasteiger partial charge < -0.3 is 14.8 Å². The van der Waals surface area contributed by atoms with E-state index >= 15 is 0 Å². The number of H-pyrrole nitrogens is 1. The van der Waals surface area contributed by atoms with E-state index in [0.29, 0.717) is 29.4 Å². The molecule has 0 fully saturated rings. The largest absolute Gasteiger partial charge is 0.339 e. The fourth-order valence-corrected chi connectivity index (χ4v) is 2.64. The molecule has 4 aromatic rings. The number of para-hydroxylation sites is 1. The summed E-state index contributed by atoms with van der Waals surface area (Å²) in [7, 11) is 0. The summed E-state index contributed by atoms with van der Waals surface area (Å²) in [6, 6.07) is 13.8. The molecule has 0 bridgehead atoms. The number of pyridine rings is 2. The van der Waals surface area contributed by atoms with Crippen LogP contribution in [-0.4, -0.2) is 26.0 Å². The average Bonchev–Trinajstić information content (AvgIpc) is 3.19. The summed E-state index contributed by atoms with van der Waals surface area (Å²) < 4.78 is 5.34. The van der Waals surface area contributed by atoms with Gasteiger partial charge in [-0.25, -0.2) is 0 Å². The zero-order chi connectivity index (χ0) is 19.3. The molecular weight excluding hydrogens is 358 g/mol. The minimum atomic E-state index is -0.328. The molecule has 0 spiro atoms. The maximum Gasteiger partial charge on any atom is 0.257 e. The summed E-state index contributed by atoms with van der Waals surface area (Å²) in [4.78, 5) is 34.5. The van der Waals surface area contributed by atoms with Crippen molar-refractivity contribution in [3.8, 4) is 11.4 Å². The van der Waals surface area contributed by atoms with Gasteiger partial charge in [0, 0.05) is 35.9 Å². The lowest BCUT2D eigenvalue weighted by molar-refractivity contribution is 0.102. The number of hydrogen-bond acceptors (Lipinski definition) is 6. The van der Waals surface area contributed by atoms with Crippen LogP contribution in [0.4, 0.5) is 5.69 Å². The Balaban J connectivity index is 1.53. The van der Waals surface area contributed by atoms with Crippen LogP contribution < -0.4 is 10.9 Å². The van der Waals surface area contributed by atoms with Gasteiger partial charge in [-0.05, 0) is 29.8 Å². The van der Waals surface area contributed by atoms with Crippen LogP contribution in [0, 0.1) is 0 Å². The number of aromatic amines is 1. The molecule has 0 radical (unpaired) electrons. The number of nitrogens with one attached hydrogen (secondary N) is 2. The third-order valence-electron chi connectivity index (χ3n) is 4.04. The lowest BCUT2D eigenvalue weighted by Gasteiger charge is -2.09. The number of benzene rings is 1. The van der Waals surface area contributed by atoms with Gasteiger partial charge in [0.15, 0.2) is 0 Å². The Morgan fingerprint density at radius 1 is 1.11 bits per heavy atom. The van der Waals surface area contributed by atoms with Crippen LogP contribution in [-0.2, 0) is 6.42 Å². The van der Waals surface area contributed by atoms with Crippen molar-refractivity contribution in [3.63, 3.8) is 0 Å². The van der Waals surface area contributed by atoms with E-state index in [1.54, 1.807) is 24.5 Å². The number of nitrogens with zero attached hydrogens (tertiary/aromatic N) is 3. The summed E-state index contributed by atoms with van der Waals surface area (Å²) in [5.41, 5.74) is 2.29. The summed E-state index contributed by atoms with van der Waals surface area (Å²) in [5, 5.41) is 6.83. The number of carbonyl (C=O) groups is 1. The quantitative estimate of drug-likeness (QED) is 0.556. The van der Waals surface area contributed by atoms with Gasteiger partial charge in [0.1, 0.15) is 0 Å². The second kappa shape index (κ2) is 7.67. The van der Waals surface area contributed by atoms with Crippen molar-refractivity contribution < 1.29 is 9.32 Å². The second-order valence-corrected chi connectivity index (χ2v) is 5.98. The minimum absolute atomic E-state index is 0.266. The minimum Gasteiger partial charge on any atom is -0.339 e. The monoisotopic (exact) mass is 373 g/mol. The Bertz CT molecular complexity index is 1150. The zero-order valence-electron chi connectivity index (χ0n) is 14.6. The Morgan fingerprint density at radius 3 is 2.79 bits per heavy atom. The molecule has 2 N–H and O–H groups in total. The molecule has 0 aliphatic rings. The van der Waals surface area contributed by atoms with Crippen LogP contribution in [0.1, 0.15) is 21.8 Å². The van der Waals surface area contributed by atoms with Crippen LogP contribution in [0.25, 0.3) is 11.4 Å². The molecule has 0 unspecified atom stereocenters. The molecule has 3 heterocycles. The first-order chi connectivity index (χ1) is 13.7. The SMILES string of the molecule is O=C(Nc1ccccc1Cc1nc(-c2cccnc2)no1)c1ccc(=O)[nH]c1. The predicted octanol–water partition coefficient (Wildman–Crippen LogP) is 2.66. The second-order valence-electron chi connectivity index (χ2n) is 5.98. The highest BCUT2D eigenvalue weighted by molar-refractivity contribution is 6.04. The van der Waals surface area contributed by atoms with E-state index in [4.69, 9.17) is 4.52 Å². The first kappa shape index (κ1) is 17.3. The normalized spacial score (nSPS) is 10.6. The third-order valence-corrected chi connectivity index (χ3v) is 4.04. The van der Waals surface area contributed by atoms with Crippen LogP contribution >= 0.6 is 0 Å². The fourth-order valence-electron chi connectivity index (χ4n) is 2.64. The van der Waals surface area contributed by atoms with Gasteiger partial charge in [-0.1, -0.05) is 23.4 Å². The van der Waals surface area contributed by atoms with Crippen LogP contribution in [0.15, 0.2) is 76.4 Å². The Hall–Kier alpha value is -4.07. The fraction of sp³-hybridized carbons (Fsp3) is 0.0500. The summed E-state index contributed by atoms with van der Waals surface area (Å²) in [6.45, 7) is 0. The van der Waals surface area contributed by atoms with Crippen molar-refractivity contribution in [2.45, 2.75) is 6.42 Å². The van der Waals surface area contributed by atoms with Crippen LogP contribution in [0.2, 0.25) is 0 Å². The topological polar surface area (TPSA) is 114 Å². The highest BCUT2D eigenvalue weighted by atomic mass is 16.5. The molecule has 138 valence electrons. The summed E-state index contributed by atoms with van der Waals surface area (Å²) in [5.74, 6) is 0.549. The molecule has 1 aromatic carbocycles. The molecule has 0 saturated carbocycles. The molecule has 0 saturated heterocycles. The third kappa shape index (κ3) is 3.85. The van der Waals surface area contributed by atoms with E-state index in [1.165, 1.54) is 18.3 Å². The Kier molecular flexibility index (Phi) is 4.75. The number of hydrogen-bond donors (Lipinski definition) is 2. The molecule has 8 heteroatoms. The molecule has 0 atom stereocenters. The van der Waals surface area contributed by atoms with E-state index in [1.807, 2.05) is 24.3 Å². The molecule has 4 rings (SSSR count). The van der Waals surface area contributed by atoms with Crippen molar-refractivity contribution in [2.24, 2.45) is 0 Å². The molecule has 28 heavy (non-hydrogen) atoms. The standard InChI is InChI=1S/C20H15N5O3/c26-17-8-7-15(12-22-17)20(27)23-16-6-2-1-4-13(16)10-18-24-19(25-28-18)14-5-3-9-21-11-14/h1-9,11-12H,10H2,(H,22,26)(H,23,27). The molecule has 0 aliphatic carbocycles. The molecule has 1 amide bonds. The number of aromatic nitrogens is 4. The van der Waals surface area contributed by atoms with E-state index < -0.39 is 0 Å². The van der Waals surface area contributed by atoms with Crippen LogP contribution in [0.5, 0.6) is 0 Å². The number of anilines is 1. The lowest BCUT2D eigenvalue weighted by atomic mass is 10.1. The summed E-state index contributed by atoms with van der Waals surface area (Å²) >= 11 is 0. The number of rotatable bonds is 5. The van der Waals surface area contributed by atoms with Crippen molar-refractivity contribution >= 4 is 11.6 Å². The Labute approximate surface area is 159 Å². The van der Waals surface area contributed by atoms with E-state index in [2.05, 4.69) is 25.4 Å². The van der Waals surface area contributed by atoms with Gasteiger partial charge in [-0.3, -0.25) is 14.6 Å². The van der Waals surface area contributed by atoms with E-state index in [-0.39, 0.29) is 11.5 Å². The molecule has 3 aromatic heterocycles. The van der Waals surface area contributed by atoms with E-state index in [9.17, 15) is 9.59 Å². The first-order valence-electron chi connectivity index (χ1n) is 8.50. The highest BCUT2D eigenvalue weighted by Crippen LogP contribution is 2.21. The van der Waals surface area contributed by atoms with E-state index in [0.717, 1.165) is 11.1 Å². The van der Waals surface area contributed by atoms with Crippen molar-refractivity contribution in [1.82, 2.24) is 20.1 Å². The van der Waals surface area contributed by atoms with Crippen molar-refractivity contribution in [1.29, 1.82) is 0 Å². The van der Waals surface area contributed by atoms with Gasteiger partial charge in [0.2, 0.25) is 17.3 Å². The Morgan fingerprint density at radius 2 is 2.00 bits per heavy atom. The van der Waals surface area contributed by atoms with Gasteiger partial charge in [-0.2, -0.15) is 4.98 Å². The number of carbonyl (C=O) groups excluding carboxylic acids is 1. The zero-order valence-corrected chi connectivity index (χ0v) is 14.6. The van der Waals surface area contributed by atoms with Gasteiger partial charge in [-0.15, -0.1) is 0 Å². The lowest BCUT2D eigenvalue weighted by Crippen LogP contribution is -2.15. The van der Waals surface area contributed by atoms with Crippen LogP contribution in [0.3, 0.4) is 0 Å². The molecule has 8 nitrogen and oxygen atoms in total. The van der Waals surface area contributed by atoms with Gasteiger partial charge in [0.25, 0.3) is 5.91 Å². The van der Waals surface area contributed by atoms with Crippen molar-refractivity contribution in [2.75, 3.05) is 5.32 Å². The maximum absolute atomic E-state index is 12.4. The predicted molar refractivity (Wildman–Crippen MR) is 102 cm³/mol. The highest BCUT2D eigenvalue weighted by Gasteiger charge is 2.13. The van der Waals surface area contributed by atoms with Crippen molar-refractivity contribution in [3.05, 3.63) is 94.5 Å². The van der Waals surface area contributed by atoms with Gasteiger partial charge in [0.05, 0.1) is 12.0 Å². The first-order valence-corrected chi connectivity index (χ1v) is 8.50. The molecular formula is C20H15N5O3. The summed E-state index contributed by atoms with van der Waals surface area (Å²) in [6.07, 6.45) is 5.06.